The molecule has 26 heavy (non-hydrogen) atoms. The third-order valence-electron chi connectivity index (χ3n) is 4.39. The van der Waals surface area contributed by atoms with Crippen LogP contribution in [0, 0.1) is 0 Å². The monoisotopic (exact) mass is 357 g/mol. The molecule has 0 spiro atoms. The van der Waals surface area contributed by atoms with Crippen molar-refractivity contribution in [3.63, 3.8) is 0 Å². The Bertz CT molecular complexity index is 680. The van der Waals surface area contributed by atoms with Crippen molar-refractivity contribution in [2.45, 2.75) is 45.3 Å². The normalized spacial score (nSPS) is 13.9. The lowest BCUT2D eigenvalue weighted by atomic mass is 9.86. The van der Waals surface area contributed by atoms with Gasteiger partial charge < -0.3 is 19.9 Å². The highest BCUT2D eigenvalue weighted by Gasteiger charge is 2.20. The lowest BCUT2D eigenvalue weighted by Crippen LogP contribution is -2.33. The molecule has 0 saturated carbocycles. The van der Waals surface area contributed by atoms with Crippen LogP contribution >= 0.6 is 0 Å². The van der Waals surface area contributed by atoms with Crippen LogP contribution in [-0.2, 0) is 5.41 Å². The Balaban J connectivity index is 1.92. The van der Waals surface area contributed by atoms with E-state index in [4.69, 9.17) is 9.47 Å². The highest BCUT2D eigenvalue weighted by molar-refractivity contribution is 5.44. The molecule has 2 rings (SSSR count). The fraction of sp³-hybridized carbons (Fsp3) is 0.455. The van der Waals surface area contributed by atoms with Gasteiger partial charge in [0.2, 0.25) is 0 Å². The SMILES string of the molecule is COc1ccc(OC[C@@H](O)CN[C@H](C)c2ccccc2)c(C(C)(C)C)c1. The van der Waals surface area contributed by atoms with Crippen molar-refractivity contribution in [3.8, 4) is 11.5 Å². The highest BCUT2D eigenvalue weighted by Crippen LogP contribution is 2.34. The number of ether oxygens (including phenoxy) is 2. The first-order valence-electron chi connectivity index (χ1n) is 9.09. The third-order valence-corrected chi connectivity index (χ3v) is 4.39. The lowest BCUT2D eigenvalue weighted by Gasteiger charge is -2.24. The third kappa shape index (κ3) is 5.75. The molecule has 0 bridgehead atoms. The molecule has 0 saturated heterocycles. The zero-order valence-electron chi connectivity index (χ0n) is 16.5. The van der Waals surface area contributed by atoms with E-state index < -0.39 is 6.10 Å². The van der Waals surface area contributed by atoms with Crippen LogP contribution in [0.2, 0.25) is 0 Å². The summed E-state index contributed by atoms with van der Waals surface area (Å²) in [7, 11) is 1.66. The maximum absolute atomic E-state index is 10.3. The molecule has 2 aromatic carbocycles. The second kappa shape index (κ2) is 9.06. The van der Waals surface area contributed by atoms with Gasteiger partial charge in [-0.05, 0) is 36.1 Å². The number of methoxy groups -OCH3 is 1. The minimum atomic E-state index is -0.587. The van der Waals surface area contributed by atoms with Crippen LogP contribution in [0.15, 0.2) is 48.5 Å². The number of rotatable bonds is 8. The summed E-state index contributed by atoms with van der Waals surface area (Å²) in [6.45, 7) is 9.20. The van der Waals surface area contributed by atoms with Gasteiger partial charge in [0, 0.05) is 18.2 Å². The second-order valence-corrected chi connectivity index (χ2v) is 7.62. The number of hydrogen-bond donors (Lipinski definition) is 2. The van der Waals surface area contributed by atoms with E-state index in [1.165, 1.54) is 5.56 Å². The van der Waals surface area contributed by atoms with Crippen molar-refractivity contribution in [2.75, 3.05) is 20.3 Å². The molecular weight excluding hydrogens is 326 g/mol. The fourth-order valence-electron chi connectivity index (χ4n) is 2.77. The van der Waals surface area contributed by atoms with Gasteiger partial charge in [-0.25, -0.2) is 0 Å². The van der Waals surface area contributed by atoms with E-state index >= 15 is 0 Å². The van der Waals surface area contributed by atoms with E-state index in [1.807, 2.05) is 36.4 Å². The summed E-state index contributed by atoms with van der Waals surface area (Å²) in [5.74, 6) is 1.59. The summed E-state index contributed by atoms with van der Waals surface area (Å²) in [6, 6.07) is 16.2. The van der Waals surface area contributed by atoms with Crippen LogP contribution in [0.5, 0.6) is 11.5 Å². The summed E-state index contributed by atoms with van der Waals surface area (Å²) in [4.78, 5) is 0. The Morgan fingerprint density at radius 2 is 1.77 bits per heavy atom. The molecule has 0 unspecified atom stereocenters. The Morgan fingerprint density at radius 1 is 1.08 bits per heavy atom. The number of aliphatic hydroxyl groups excluding tert-OH is 1. The van der Waals surface area contributed by atoms with Crippen LogP contribution in [0.4, 0.5) is 0 Å². The lowest BCUT2D eigenvalue weighted by molar-refractivity contribution is 0.103. The minimum absolute atomic E-state index is 0.0745. The first kappa shape index (κ1) is 20.3. The van der Waals surface area contributed by atoms with Gasteiger partial charge in [-0.1, -0.05) is 51.1 Å². The van der Waals surface area contributed by atoms with Crippen molar-refractivity contribution < 1.29 is 14.6 Å². The number of hydrogen-bond acceptors (Lipinski definition) is 4. The molecule has 4 nitrogen and oxygen atoms in total. The van der Waals surface area contributed by atoms with Gasteiger partial charge in [0.15, 0.2) is 0 Å². The molecule has 0 aliphatic rings. The molecule has 4 heteroatoms. The molecular formula is C22H31NO3. The van der Waals surface area contributed by atoms with Gasteiger partial charge >= 0.3 is 0 Å². The zero-order chi connectivity index (χ0) is 19.2. The molecule has 0 amide bonds. The fourth-order valence-corrected chi connectivity index (χ4v) is 2.77. The number of nitrogens with one attached hydrogen (secondary N) is 1. The maximum Gasteiger partial charge on any atom is 0.123 e. The molecule has 0 fully saturated rings. The average Bonchev–Trinajstić information content (AvgIpc) is 2.64. The molecule has 2 aromatic rings. The average molecular weight is 357 g/mol. The largest absolute Gasteiger partial charge is 0.497 e. The van der Waals surface area contributed by atoms with Crippen molar-refractivity contribution in [1.29, 1.82) is 0 Å². The van der Waals surface area contributed by atoms with Crippen LogP contribution in [0.3, 0.4) is 0 Å². The van der Waals surface area contributed by atoms with E-state index in [1.54, 1.807) is 7.11 Å². The first-order chi connectivity index (χ1) is 12.3. The maximum atomic E-state index is 10.3. The van der Waals surface area contributed by atoms with Gasteiger partial charge in [0.25, 0.3) is 0 Å². The highest BCUT2D eigenvalue weighted by atomic mass is 16.5. The van der Waals surface area contributed by atoms with E-state index in [9.17, 15) is 5.11 Å². The minimum Gasteiger partial charge on any atom is -0.497 e. The summed E-state index contributed by atoms with van der Waals surface area (Å²) >= 11 is 0. The Kier molecular flexibility index (Phi) is 7.06. The molecule has 0 aromatic heterocycles. The number of benzene rings is 2. The molecule has 0 radical (unpaired) electrons. The molecule has 142 valence electrons. The van der Waals surface area contributed by atoms with Gasteiger partial charge in [0.1, 0.15) is 24.2 Å². The van der Waals surface area contributed by atoms with Crippen molar-refractivity contribution in [3.05, 3.63) is 59.7 Å². The summed E-state index contributed by atoms with van der Waals surface area (Å²) in [5.41, 5.74) is 2.19. The van der Waals surface area contributed by atoms with E-state index in [-0.39, 0.29) is 18.1 Å². The predicted molar refractivity (Wildman–Crippen MR) is 106 cm³/mol. The quantitative estimate of drug-likeness (QED) is 0.747. The molecule has 0 aliphatic carbocycles. The van der Waals surface area contributed by atoms with Crippen LogP contribution < -0.4 is 14.8 Å². The van der Waals surface area contributed by atoms with Crippen LogP contribution in [0.1, 0.15) is 44.9 Å². The van der Waals surface area contributed by atoms with Gasteiger partial charge in [-0.2, -0.15) is 0 Å². The second-order valence-electron chi connectivity index (χ2n) is 7.62. The van der Waals surface area contributed by atoms with Gasteiger partial charge in [0.05, 0.1) is 7.11 Å². The Labute approximate surface area is 157 Å². The van der Waals surface area contributed by atoms with Crippen molar-refractivity contribution in [2.24, 2.45) is 0 Å². The van der Waals surface area contributed by atoms with E-state index in [2.05, 4.69) is 45.1 Å². The molecule has 0 aliphatic heterocycles. The zero-order valence-corrected chi connectivity index (χ0v) is 16.5. The number of aliphatic hydroxyl groups is 1. The summed E-state index contributed by atoms with van der Waals surface area (Å²) < 4.78 is 11.2. The van der Waals surface area contributed by atoms with Crippen molar-refractivity contribution in [1.82, 2.24) is 5.32 Å². The smallest absolute Gasteiger partial charge is 0.123 e. The van der Waals surface area contributed by atoms with Gasteiger partial charge in [-0.3, -0.25) is 0 Å². The standard InChI is InChI=1S/C22H31NO3/c1-16(17-9-7-6-8-10-17)23-14-18(24)15-26-21-12-11-19(25-5)13-20(21)22(2,3)4/h6-13,16,18,23-24H,14-15H2,1-5H3/t16-,18+/m1/s1. The van der Waals surface area contributed by atoms with E-state index in [0.29, 0.717) is 6.54 Å². The molecule has 2 atom stereocenters. The molecule has 2 N–H and O–H groups in total. The first-order valence-corrected chi connectivity index (χ1v) is 9.09. The topological polar surface area (TPSA) is 50.7 Å². The Hall–Kier alpha value is -2.04. The van der Waals surface area contributed by atoms with Crippen LogP contribution in [-0.4, -0.2) is 31.5 Å². The van der Waals surface area contributed by atoms with Crippen molar-refractivity contribution >= 4 is 0 Å². The van der Waals surface area contributed by atoms with Crippen LogP contribution in [0.25, 0.3) is 0 Å². The van der Waals surface area contributed by atoms with Gasteiger partial charge in [-0.15, -0.1) is 0 Å². The molecule has 0 heterocycles. The predicted octanol–water partition coefficient (Wildman–Crippen LogP) is 4.08. The Morgan fingerprint density at radius 3 is 2.38 bits per heavy atom. The summed E-state index contributed by atoms with van der Waals surface area (Å²) in [6.07, 6.45) is -0.587. The van der Waals surface area contributed by atoms with E-state index in [0.717, 1.165) is 17.1 Å². The summed E-state index contributed by atoms with van der Waals surface area (Å²) in [5, 5.41) is 13.6.